The van der Waals surface area contributed by atoms with E-state index < -0.39 is 0 Å². The lowest BCUT2D eigenvalue weighted by Gasteiger charge is -2.36. The number of hydrogen-bond donors (Lipinski definition) is 2. The normalized spacial score (nSPS) is 17.1. The number of pyridine rings is 1. The van der Waals surface area contributed by atoms with Crippen molar-refractivity contribution in [2.45, 2.75) is 52.1 Å². The smallest absolute Gasteiger partial charge is 0.274 e. The zero-order valence-electron chi connectivity index (χ0n) is 25.7. The first kappa shape index (κ1) is 28.5. The lowest BCUT2D eigenvalue weighted by Crippen LogP contribution is -2.49. The molecule has 1 amide bonds. The van der Waals surface area contributed by atoms with Crippen LogP contribution in [0.2, 0.25) is 0 Å². The van der Waals surface area contributed by atoms with Crippen molar-refractivity contribution in [2.75, 3.05) is 44.6 Å². The number of aryl methyl sites for hydroxylation is 1. The maximum atomic E-state index is 13.6. The summed E-state index contributed by atoms with van der Waals surface area (Å²) in [6.07, 6.45) is 7.81. The zero-order chi connectivity index (χ0) is 30.2. The van der Waals surface area contributed by atoms with Crippen LogP contribution in [0.3, 0.4) is 0 Å². The van der Waals surface area contributed by atoms with Gasteiger partial charge in [0.25, 0.3) is 5.91 Å². The van der Waals surface area contributed by atoms with Crippen LogP contribution >= 0.6 is 0 Å². The first-order valence-corrected chi connectivity index (χ1v) is 15.9. The molecule has 2 N–H and O–H groups in total. The minimum absolute atomic E-state index is 0.102. The molecule has 1 saturated carbocycles. The molecule has 0 bridgehead atoms. The van der Waals surface area contributed by atoms with Crippen molar-refractivity contribution in [2.24, 2.45) is 5.92 Å². The monoisotopic (exact) mass is 595 g/mol. The maximum absolute atomic E-state index is 13.6. The molecule has 11 heteroatoms. The molecule has 4 aromatic heterocycles. The number of rotatable bonds is 11. The van der Waals surface area contributed by atoms with Crippen molar-refractivity contribution in [3.05, 3.63) is 72.1 Å². The van der Waals surface area contributed by atoms with Gasteiger partial charge in [0.15, 0.2) is 0 Å². The van der Waals surface area contributed by atoms with Crippen molar-refractivity contribution in [3.63, 3.8) is 0 Å². The minimum Gasteiger partial charge on any atom is -0.492 e. The Kier molecular flexibility index (Phi) is 7.82. The number of nitrogens with one attached hydrogen (secondary N) is 2. The number of nitrogens with zero attached hydrogens (tertiary/aromatic N) is 7. The summed E-state index contributed by atoms with van der Waals surface area (Å²) in [5.74, 6) is 1.13. The second-order valence-corrected chi connectivity index (χ2v) is 12.3. The van der Waals surface area contributed by atoms with Crippen LogP contribution in [-0.4, -0.2) is 90.4 Å². The number of ether oxygens (including phenoxy) is 1. The van der Waals surface area contributed by atoms with Crippen LogP contribution < -0.4 is 10.1 Å². The van der Waals surface area contributed by atoms with E-state index in [0.29, 0.717) is 29.9 Å². The van der Waals surface area contributed by atoms with Crippen LogP contribution in [0.5, 0.6) is 5.75 Å². The highest BCUT2D eigenvalue weighted by Gasteiger charge is 2.37. The molecule has 1 atom stereocenters. The van der Waals surface area contributed by atoms with Gasteiger partial charge in [-0.2, -0.15) is 10.2 Å². The Labute approximate surface area is 257 Å². The van der Waals surface area contributed by atoms with Crippen LogP contribution in [0.4, 0.5) is 5.69 Å². The van der Waals surface area contributed by atoms with Crippen LogP contribution in [0, 0.1) is 5.92 Å². The van der Waals surface area contributed by atoms with Crippen LogP contribution in [0.15, 0.2) is 55.0 Å². The highest BCUT2D eigenvalue weighted by molar-refractivity contribution is 6.08. The van der Waals surface area contributed by atoms with Crippen molar-refractivity contribution >= 4 is 28.1 Å². The van der Waals surface area contributed by atoms with Crippen molar-refractivity contribution in [1.29, 1.82) is 0 Å². The minimum atomic E-state index is -0.232. The Morgan fingerprint density at radius 3 is 2.70 bits per heavy atom. The first-order chi connectivity index (χ1) is 21.5. The molecule has 1 saturated heterocycles. The second kappa shape index (κ2) is 12.0. The second-order valence-electron chi connectivity index (χ2n) is 12.3. The molecule has 2 fully saturated rings. The Bertz CT molecular complexity index is 1760. The van der Waals surface area contributed by atoms with Gasteiger partial charge in [-0.05, 0) is 63.8 Å². The molecule has 1 aliphatic heterocycles. The molecule has 2 aliphatic rings. The van der Waals surface area contributed by atoms with E-state index in [1.165, 1.54) is 0 Å². The number of aromatic nitrogens is 6. The average molecular weight is 596 g/mol. The van der Waals surface area contributed by atoms with E-state index in [9.17, 15) is 4.79 Å². The van der Waals surface area contributed by atoms with E-state index in [0.717, 1.165) is 85.8 Å². The van der Waals surface area contributed by atoms with Gasteiger partial charge in [0.05, 0.1) is 28.8 Å². The first-order valence-electron chi connectivity index (χ1n) is 15.9. The van der Waals surface area contributed by atoms with Crippen molar-refractivity contribution in [3.8, 4) is 5.75 Å². The number of anilines is 1. The third-order valence-corrected chi connectivity index (χ3v) is 9.10. The Morgan fingerprint density at radius 2 is 1.95 bits per heavy atom. The summed E-state index contributed by atoms with van der Waals surface area (Å²) in [4.78, 5) is 23.1. The summed E-state index contributed by atoms with van der Waals surface area (Å²) in [5, 5.41) is 16.8. The van der Waals surface area contributed by atoms with E-state index in [-0.39, 0.29) is 11.8 Å². The number of fused-ring (bicyclic) bond motifs is 2. The Balaban J connectivity index is 1.06. The van der Waals surface area contributed by atoms with Gasteiger partial charge < -0.3 is 10.1 Å². The highest BCUT2D eigenvalue weighted by atomic mass is 16.5. The highest BCUT2D eigenvalue weighted by Crippen LogP contribution is 2.47. The van der Waals surface area contributed by atoms with E-state index in [1.807, 2.05) is 47.4 Å². The molecule has 7 rings (SSSR count). The molecule has 11 nitrogen and oxygen atoms in total. The standard InChI is InChI=1S/C33H41N9O2/c1-4-41-12-11-27(38-41)30(23-8-9-23)32-31-25(6-5-7-26(31)36-37-32)35-33(43)28-21-34-29-20-24(10-13-42(28)29)44-19-18-39-14-16-40(17-15-39)22(2)3/h5-7,10-13,20-23,30H,4,8-9,14-19H2,1-3H3,(H,35,43)(H,36,37). The number of aromatic amines is 1. The number of carbonyl (C=O) groups is 1. The van der Waals surface area contributed by atoms with Crippen LogP contribution in [0.1, 0.15) is 61.4 Å². The number of hydrogen-bond acceptors (Lipinski definition) is 7. The number of amides is 1. The van der Waals surface area contributed by atoms with Crippen LogP contribution in [0.25, 0.3) is 16.6 Å². The summed E-state index contributed by atoms with van der Waals surface area (Å²) < 4.78 is 9.83. The third kappa shape index (κ3) is 5.69. The van der Waals surface area contributed by atoms with E-state index in [4.69, 9.17) is 9.84 Å². The van der Waals surface area contributed by atoms with Crippen LogP contribution in [-0.2, 0) is 6.54 Å². The number of benzene rings is 1. The van der Waals surface area contributed by atoms with E-state index in [2.05, 4.69) is 57.1 Å². The molecule has 0 spiro atoms. The van der Waals surface area contributed by atoms with E-state index >= 15 is 0 Å². The summed E-state index contributed by atoms with van der Waals surface area (Å²) in [5.41, 5.74) is 4.70. The van der Waals surface area contributed by atoms with E-state index in [1.54, 1.807) is 10.6 Å². The fourth-order valence-corrected chi connectivity index (χ4v) is 6.40. The fraction of sp³-hybridized carbons (Fsp3) is 0.455. The van der Waals surface area contributed by atoms with Gasteiger partial charge in [-0.15, -0.1) is 0 Å². The predicted octanol–water partition coefficient (Wildman–Crippen LogP) is 4.63. The van der Waals surface area contributed by atoms with Crippen molar-refractivity contribution in [1.82, 2.24) is 39.2 Å². The SMILES string of the molecule is CCn1ccc(C(c2[nH]nc3cccc(NC(=O)c4cnc5cc(OCCN6CCN(C(C)C)CC6)ccn45)c23)C2CC2)n1. The Morgan fingerprint density at radius 1 is 1.11 bits per heavy atom. The van der Waals surface area contributed by atoms with Gasteiger partial charge in [-0.25, -0.2) is 4.98 Å². The number of piperazine rings is 1. The molecule has 44 heavy (non-hydrogen) atoms. The van der Waals surface area contributed by atoms with Gasteiger partial charge in [0.1, 0.15) is 23.7 Å². The summed E-state index contributed by atoms with van der Waals surface area (Å²) >= 11 is 0. The molecular formula is C33H41N9O2. The predicted molar refractivity (Wildman–Crippen MR) is 170 cm³/mol. The van der Waals surface area contributed by atoms with Gasteiger partial charge in [-0.3, -0.25) is 28.8 Å². The number of H-pyrrole nitrogens is 1. The van der Waals surface area contributed by atoms with Gasteiger partial charge >= 0.3 is 0 Å². The lowest BCUT2D eigenvalue weighted by atomic mass is 9.93. The zero-order valence-corrected chi connectivity index (χ0v) is 25.7. The number of carbonyl (C=O) groups excluding carboxylic acids is 1. The molecule has 1 aliphatic carbocycles. The summed E-state index contributed by atoms with van der Waals surface area (Å²) in [7, 11) is 0. The van der Waals surface area contributed by atoms with Crippen molar-refractivity contribution < 1.29 is 9.53 Å². The molecule has 1 aromatic carbocycles. The maximum Gasteiger partial charge on any atom is 0.274 e. The molecular weight excluding hydrogens is 554 g/mol. The molecule has 0 radical (unpaired) electrons. The Hall–Kier alpha value is -4.22. The molecule has 5 aromatic rings. The van der Waals surface area contributed by atoms with Gasteiger partial charge in [0, 0.05) is 75.1 Å². The summed E-state index contributed by atoms with van der Waals surface area (Å²) in [6, 6.07) is 12.3. The molecule has 230 valence electrons. The average Bonchev–Trinajstić information content (AvgIpc) is 3.39. The third-order valence-electron chi connectivity index (χ3n) is 9.10. The number of imidazole rings is 1. The molecule has 1 unspecified atom stereocenters. The summed E-state index contributed by atoms with van der Waals surface area (Å²) in [6.45, 7) is 13.3. The quantitative estimate of drug-likeness (QED) is 0.229. The topological polar surface area (TPSA) is 109 Å². The largest absolute Gasteiger partial charge is 0.492 e. The van der Waals surface area contributed by atoms with Gasteiger partial charge in [-0.1, -0.05) is 6.07 Å². The fourth-order valence-electron chi connectivity index (χ4n) is 6.40. The van der Waals surface area contributed by atoms with Gasteiger partial charge in [0.2, 0.25) is 0 Å². The lowest BCUT2D eigenvalue weighted by molar-refractivity contribution is 0.0971. The molecule has 5 heterocycles.